The van der Waals surface area contributed by atoms with Crippen LogP contribution in [0.2, 0.25) is 0 Å². The summed E-state index contributed by atoms with van der Waals surface area (Å²) in [5.41, 5.74) is 0. The Morgan fingerprint density at radius 2 is 1.93 bits per heavy atom. The molecule has 3 fully saturated rings. The van der Waals surface area contributed by atoms with Gasteiger partial charge in [-0.05, 0) is 24.7 Å². The summed E-state index contributed by atoms with van der Waals surface area (Å²) in [5, 5.41) is 3.47. The number of rotatable bonds is 3. The van der Waals surface area contributed by atoms with Crippen molar-refractivity contribution in [1.29, 1.82) is 0 Å². The third-order valence-corrected chi connectivity index (χ3v) is 4.48. The van der Waals surface area contributed by atoms with E-state index in [0.717, 1.165) is 18.8 Å². The summed E-state index contributed by atoms with van der Waals surface area (Å²) in [6, 6.07) is 0.945. The molecule has 1 saturated heterocycles. The van der Waals surface area contributed by atoms with Gasteiger partial charge < -0.3 is 5.32 Å². The molecule has 84 valence electrons. The van der Waals surface area contributed by atoms with Gasteiger partial charge in [-0.25, -0.2) is 0 Å². The first-order valence-corrected chi connectivity index (χ1v) is 6.61. The third-order valence-electron chi connectivity index (χ3n) is 4.48. The predicted octanol–water partition coefficient (Wildman–Crippen LogP) is 2.28. The fourth-order valence-electron chi connectivity index (χ4n) is 3.38. The van der Waals surface area contributed by atoms with E-state index in [1.165, 1.54) is 38.5 Å². The number of carbonyl (C=O) groups excluding carboxylic acids is 1. The Morgan fingerprint density at radius 1 is 1.13 bits per heavy atom. The van der Waals surface area contributed by atoms with Crippen molar-refractivity contribution < 1.29 is 4.79 Å². The molecule has 2 saturated carbocycles. The number of carbonyl (C=O) groups is 1. The molecule has 0 radical (unpaired) electrons. The highest BCUT2D eigenvalue weighted by Crippen LogP contribution is 2.41. The molecule has 0 amide bonds. The second-order valence-electron chi connectivity index (χ2n) is 5.73. The second-order valence-corrected chi connectivity index (χ2v) is 5.73. The fraction of sp³-hybridized carbons (Fsp3) is 0.923. The fourth-order valence-corrected chi connectivity index (χ4v) is 3.38. The van der Waals surface area contributed by atoms with E-state index < -0.39 is 0 Å². The lowest BCUT2D eigenvalue weighted by molar-refractivity contribution is -0.122. The molecule has 3 aliphatic rings. The van der Waals surface area contributed by atoms with Crippen molar-refractivity contribution in [1.82, 2.24) is 5.32 Å². The summed E-state index contributed by atoms with van der Waals surface area (Å²) in [6.07, 6.45) is 10.00. The minimum absolute atomic E-state index is 0.232. The van der Waals surface area contributed by atoms with Crippen LogP contribution in [0.15, 0.2) is 0 Å². The zero-order valence-electron chi connectivity index (χ0n) is 9.37. The molecule has 3 rings (SSSR count). The van der Waals surface area contributed by atoms with E-state index in [9.17, 15) is 4.79 Å². The Kier molecular flexibility index (Phi) is 2.55. The van der Waals surface area contributed by atoms with Crippen LogP contribution >= 0.6 is 0 Å². The second kappa shape index (κ2) is 3.89. The Bertz CT molecular complexity index is 247. The predicted molar refractivity (Wildman–Crippen MR) is 59.6 cm³/mol. The topological polar surface area (TPSA) is 29.1 Å². The van der Waals surface area contributed by atoms with Crippen molar-refractivity contribution in [3.05, 3.63) is 0 Å². The van der Waals surface area contributed by atoms with E-state index in [1.54, 1.807) is 0 Å². The van der Waals surface area contributed by atoms with Gasteiger partial charge in [-0.3, -0.25) is 4.79 Å². The Labute approximate surface area is 91.8 Å². The lowest BCUT2D eigenvalue weighted by atomic mass is 9.84. The van der Waals surface area contributed by atoms with Gasteiger partial charge in [0.2, 0.25) is 0 Å². The highest BCUT2D eigenvalue weighted by molar-refractivity contribution is 5.84. The zero-order chi connectivity index (χ0) is 10.3. The van der Waals surface area contributed by atoms with Crippen LogP contribution in [0.3, 0.4) is 0 Å². The molecule has 1 heterocycles. The number of ketones is 1. The van der Waals surface area contributed by atoms with Crippen molar-refractivity contribution in [2.75, 3.05) is 0 Å². The molecule has 0 spiro atoms. The summed E-state index contributed by atoms with van der Waals surface area (Å²) >= 11 is 0. The molecule has 15 heavy (non-hydrogen) atoms. The molecule has 2 nitrogen and oxygen atoms in total. The zero-order valence-corrected chi connectivity index (χ0v) is 9.37. The summed E-state index contributed by atoms with van der Waals surface area (Å²) in [7, 11) is 0. The lowest BCUT2D eigenvalue weighted by Crippen LogP contribution is -2.35. The standard InChI is InChI=1S/C13H21NO/c15-13(6-9-4-2-1-3-5-9)12-8-10-7-11(10)14-12/h9-12,14H,1-8H2/t10-,11-,12+/m1/s1. The molecule has 2 aliphatic carbocycles. The van der Waals surface area contributed by atoms with E-state index in [4.69, 9.17) is 0 Å². The van der Waals surface area contributed by atoms with Crippen molar-refractivity contribution in [2.24, 2.45) is 11.8 Å². The average Bonchev–Trinajstić information content (AvgIpc) is 2.87. The largest absolute Gasteiger partial charge is 0.304 e. The van der Waals surface area contributed by atoms with Gasteiger partial charge in [-0.15, -0.1) is 0 Å². The highest BCUT2D eigenvalue weighted by Gasteiger charge is 2.47. The number of piperidine rings is 1. The molecular formula is C13H21NO. The Balaban J connectivity index is 1.47. The first kappa shape index (κ1) is 9.83. The van der Waals surface area contributed by atoms with Crippen LogP contribution in [0.4, 0.5) is 0 Å². The van der Waals surface area contributed by atoms with Crippen LogP contribution in [0.1, 0.15) is 51.4 Å². The Hall–Kier alpha value is -0.370. The van der Waals surface area contributed by atoms with E-state index in [0.29, 0.717) is 17.7 Å². The van der Waals surface area contributed by atoms with Crippen LogP contribution in [0.25, 0.3) is 0 Å². The van der Waals surface area contributed by atoms with E-state index in [2.05, 4.69) is 5.32 Å². The summed E-state index contributed by atoms with van der Waals surface area (Å²) in [5.74, 6) is 2.07. The number of nitrogens with one attached hydrogen (secondary N) is 1. The van der Waals surface area contributed by atoms with Gasteiger partial charge in [0, 0.05) is 12.5 Å². The average molecular weight is 207 g/mol. The van der Waals surface area contributed by atoms with Crippen LogP contribution < -0.4 is 5.32 Å². The van der Waals surface area contributed by atoms with Crippen LogP contribution in [-0.4, -0.2) is 17.9 Å². The molecule has 1 N–H and O–H groups in total. The van der Waals surface area contributed by atoms with Crippen molar-refractivity contribution in [2.45, 2.75) is 63.5 Å². The maximum Gasteiger partial charge on any atom is 0.150 e. The molecule has 0 bridgehead atoms. The quantitative estimate of drug-likeness (QED) is 0.769. The molecule has 1 aliphatic heterocycles. The molecule has 0 aromatic rings. The number of hydrogen-bond acceptors (Lipinski definition) is 2. The van der Waals surface area contributed by atoms with E-state index in [-0.39, 0.29) is 6.04 Å². The van der Waals surface area contributed by atoms with Gasteiger partial charge in [0.25, 0.3) is 0 Å². The van der Waals surface area contributed by atoms with Crippen LogP contribution in [0.5, 0.6) is 0 Å². The molecular weight excluding hydrogens is 186 g/mol. The summed E-state index contributed by atoms with van der Waals surface area (Å²) in [6.45, 7) is 0. The van der Waals surface area contributed by atoms with Gasteiger partial charge in [0.1, 0.15) is 5.78 Å². The minimum Gasteiger partial charge on any atom is -0.304 e. The number of fused-ring (bicyclic) bond motifs is 1. The molecule has 0 aromatic carbocycles. The highest BCUT2D eigenvalue weighted by atomic mass is 16.1. The van der Waals surface area contributed by atoms with Crippen molar-refractivity contribution in [3.63, 3.8) is 0 Å². The smallest absolute Gasteiger partial charge is 0.150 e. The summed E-state index contributed by atoms with van der Waals surface area (Å²) < 4.78 is 0. The SMILES string of the molecule is O=C(CC1CCCCC1)[C@@H]1C[C@H]2C[C@H]2N1. The van der Waals surface area contributed by atoms with Gasteiger partial charge in [0.05, 0.1) is 6.04 Å². The normalized spacial score (nSPS) is 40.1. The van der Waals surface area contributed by atoms with Crippen LogP contribution in [-0.2, 0) is 4.79 Å². The van der Waals surface area contributed by atoms with Gasteiger partial charge >= 0.3 is 0 Å². The first-order valence-electron chi connectivity index (χ1n) is 6.61. The molecule has 0 unspecified atom stereocenters. The van der Waals surface area contributed by atoms with E-state index in [1.807, 2.05) is 0 Å². The molecule has 3 atom stereocenters. The van der Waals surface area contributed by atoms with Gasteiger partial charge in [-0.2, -0.15) is 0 Å². The minimum atomic E-state index is 0.232. The number of hydrogen-bond donors (Lipinski definition) is 1. The maximum atomic E-state index is 12.0. The Morgan fingerprint density at radius 3 is 2.60 bits per heavy atom. The monoisotopic (exact) mass is 207 g/mol. The van der Waals surface area contributed by atoms with Crippen LogP contribution in [0, 0.1) is 11.8 Å². The maximum absolute atomic E-state index is 12.0. The van der Waals surface area contributed by atoms with Crippen molar-refractivity contribution in [3.8, 4) is 0 Å². The van der Waals surface area contributed by atoms with E-state index >= 15 is 0 Å². The summed E-state index contributed by atoms with van der Waals surface area (Å²) in [4.78, 5) is 12.0. The van der Waals surface area contributed by atoms with Gasteiger partial charge in [0.15, 0.2) is 0 Å². The molecule has 2 heteroatoms. The van der Waals surface area contributed by atoms with Crippen molar-refractivity contribution >= 4 is 5.78 Å². The number of Topliss-reactive ketones (excluding diaryl/α,β-unsaturated/α-hetero) is 1. The lowest BCUT2D eigenvalue weighted by Gasteiger charge is -2.22. The first-order chi connectivity index (χ1) is 7.33. The molecule has 0 aromatic heterocycles. The third kappa shape index (κ3) is 2.10. The van der Waals surface area contributed by atoms with Gasteiger partial charge in [-0.1, -0.05) is 32.1 Å².